The van der Waals surface area contributed by atoms with Gasteiger partial charge in [-0.1, -0.05) is 54.9 Å². The van der Waals surface area contributed by atoms with Crippen LogP contribution in [0.25, 0.3) is 33.3 Å². The largest absolute Gasteiger partial charge is 0.372 e. The summed E-state index contributed by atoms with van der Waals surface area (Å²) < 4.78 is 0. The summed E-state index contributed by atoms with van der Waals surface area (Å²) in [4.78, 5) is 20.7. The van der Waals surface area contributed by atoms with Crippen LogP contribution in [0.2, 0.25) is 5.02 Å². The Morgan fingerprint density at radius 3 is 2.31 bits per heavy atom. The number of anilines is 1. The zero-order valence-corrected chi connectivity index (χ0v) is 18.1. The Morgan fingerprint density at radius 2 is 1.72 bits per heavy atom. The fourth-order valence-corrected chi connectivity index (χ4v) is 3.72. The minimum atomic E-state index is -0.610. The van der Waals surface area contributed by atoms with Crippen molar-refractivity contribution in [2.75, 3.05) is 5.32 Å². The first-order chi connectivity index (χ1) is 15.5. The van der Waals surface area contributed by atoms with Crippen LogP contribution in [0.1, 0.15) is 18.9 Å². The normalized spacial score (nSPS) is 11.7. The molecule has 1 amide bonds. The van der Waals surface area contributed by atoms with Gasteiger partial charge in [-0.3, -0.25) is 9.78 Å². The van der Waals surface area contributed by atoms with Gasteiger partial charge in [-0.25, -0.2) is 4.98 Å². The molecule has 2 aromatic heterocycles. The van der Waals surface area contributed by atoms with Gasteiger partial charge >= 0.3 is 0 Å². The van der Waals surface area contributed by atoms with E-state index in [1.165, 1.54) is 0 Å². The second-order valence-corrected chi connectivity index (χ2v) is 7.74. The highest BCUT2D eigenvalue weighted by Gasteiger charge is 2.21. The number of nitrogens with one attached hydrogen (secondary N) is 1. The lowest BCUT2D eigenvalue weighted by Crippen LogP contribution is -2.35. The summed E-state index contributed by atoms with van der Waals surface area (Å²) in [6, 6.07) is 18.8. The molecule has 0 aliphatic rings. The van der Waals surface area contributed by atoms with Crippen LogP contribution in [0.15, 0.2) is 67.0 Å². The molecule has 1 atom stereocenters. The number of amides is 1. The highest BCUT2D eigenvalue weighted by Crippen LogP contribution is 2.34. The Bertz CT molecular complexity index is 1330. The van der Waals surface area contributed by atoms with Crippen molar-refractivity contribution in [3.8, 4) is 28.5 Å². The van der Waals surface area contributed by atoms with Crippen LogP contribution in [-0.2, 0) is 4.79 Å². The summed E-state index contributed by atoms with van der Waals surface area (Å²) in [5.74, 6) is -0.482. The molecule has 0 spiro atoms. The maximum atomic E-state index is 11.9. The van der Waals surface area contributed by atoms with E-state index in [1.54, 1.807) is 18.5 Å². The predicted octanol–water partition coefficient (Wildman–Crippen LogP) is 5.16. The highest BCUT2D eigenvalue weighted by atomic mass is 35.5. The average Bonchev–Trinajstić information content (AvgIpc) is 2.82. The molecule has 0 saturated heterocycles. The third-order valence-electron chi connectivity index (χ3n) is 5.31. The molecule has 0 fully saturated rings. The lowest BCUT2D eigenvalue weighted by atomic mass is 9.98. The number of nitrogens with two attached hydrogens (primary N) is 1. The van der Waals surface area contributed by atoms with Crippen molar-refractivity contribution in [2.24, 2.45) is 5.73 Å². The van der Waals surface area contributed by atoms with Crippen molar-refractivity contribution in [2.45, 2.75) is 19.4 Å². The van der Waals surface area contributed by atoms with Crippen molar-refractivity contribution in [3.05, 3.63) is 77.6 Å². The van der Waals surface area contributed by atoms with E-state index >= 15 is 0 Å². The van der Waals surface area contributed by atoms with E-state index in [1.807, 2.05) is 55.5 Å². The smallest absolute Gasteiger partial charge is 0.239 e. The van der Waals surface area contributed by atoms with Crippen molar-refractivity contribution >= 4 is 34.1 Å². The van der Waals surface area contributed by atoms with E-state index in [9.17, 15) is 10.1 Å². The number of nitrogens with zero attached hydrogens (tertiary/aromatic N) is 3. The second-order valence-electron chi connectivity index (χ2n) is 7.31. The number of carbonyl (C=O) groups is 1. The first-order valence-electron chi connectivity index (χ1n) is 10.1. The third-order valence-corrected chi connectivity index (χ3v) is 5.56. The van der Waals surface area contributed by atoms with Crippen LogP contribution in [0, 0.1) is 11.3 Å². The van der Waals surface area contributed by atoms with Gasteiger partial charge < -0.3 is 11.1 Å². The Morgan fingerprint density at radius 1 is 1.09 bits per heavy atom. The summed E-state index contributed by atoms with van der Waals surface area (Å²) in [6.45, 7) is 1.86. The number of hydrogen-bond acceptors (Lipinski definition) is 5. The number of pyridine rings is 2. The Hall–Kier alpha value is -3.95. The van der Waals surface area contributed by atoms with E-state index in [0.717, 1.165) is 16.7 Å². The van der Waals surface area contributed by atoms with Gasteiger partial charge in [0.05, 0.1) is 23.1 Å². The van der Waals surface area contributed by atoms with E-state index in [-0.39, 0.29) is 0 Å². The van der Waals surface area contributed by atoms with Crippen LogP contribution in [0.4, 0.5) is 5.69 Å². The van der Waals surface area contributed by atoms with E-state index in [2.05, 4.69) is 16.4 Å². The Kier molecular flexibility index (Phi) is 6.02. The number of nitriles is 1. The SMILES string of the molecule is CC[C@@H](Nc1c(C#N)c(-c2ccc(-c3ccc(Cl)cc3)cc2)nc2cnccc12)C(N)=O. The summed E-state index contributed by atoms with van der Waals surface area (Å²) in [5.41, 5.74) is 10.4. The van der Waals surface area contributed by atoms with Crippen molar-refractivity contribution < 1.29 is 4.79 Å². The Balaban J connectivity index is 1.84. The van der Waals surface area contributed by atoms with Crippen molar-refractivity contribution in [3.63, 3.8) is 0 Å². The molecule has 158 valence electrons. The fourth-order valence-electron chi connectivity index (χ4n) is 3.60. The molecule has 0 aliphatic heterocycles. The maximum Gasteiger partial charge on any atom is 0.239 e. The molecular formula is C25H20ClN5O. The molecule has 0 unspecified atom stereocenters. The minimum Gasteiger partial charge on any atom is -0.372 e. The molecule has 4 aromatic rings. The lowest BCUT2D eigenvalue weighted by Gasteiger charge is -2.19. The minimum absolute atomic E-state index is 0.350. The number of rotatable bonds is 6. The van der Waals surface area contributed by atoms with E-state index in [0.29, 0.717) is 39.3 Å². The monoisotopic (exact) mass is 441 g/mol. The number of benzene rings is 2. The number of hydrogen-bond donors (Lipinski definition) is 2. The Labute approximate surface area is 190 Å². The van der Waals surface area contributed by atoms with Crippen LogP contribution in [0.3, 0.4) is 0 Å². The molecule has 2 aromatic carbocycles. The molecular weight excluding hydrogens is 422 g/mol. The zero-order chi connectivity index (χ0) is 22.7. The van der Waals surface area contributed by atoms with Gasteiger partial charge in [0.25, 0.3) is 0 Å². The number of primary amides is 1. The van der Waals surface area contributed by atoms with Gasteiger partial charge in [0.15, 0.2) is 0 Å². The first-order valence-corrected chi connectivity index (χ1v) is 10.5. The van der Waals surface area contributed by atoms with Gasteiger partial charge in [0, 0.05) is 22.2 Å². The number of aromatic nitrogens is 2. The van der Waals surface area contributed by atoms with Crippen molar-refractivity contribution in [1.82, 2.24) is 9.97 Å². The highest BCUT2D eigenvalue weighted by molar-refractivity contribution is 6.30. The van der Waals surface area contributed by atoms with Gasteiger partial charge in [0.1, 0.15) is 17.7 Å². The van der Waals surface area contributed by atoms with Crippen molar-refractivity contribution in [1.29, 1.82) is 5.26 Å². The molecule has 32 heavy (non-hydrogen) atoms. The summed E-state index contributed by atoms with van der Waals surface area (Å²) in [7, 11) is 0. The topological polar surface area (TPSA) is 105 Å². The maximum absolute atomic E-state index is 11.9. The zero-order valence-electron chi connectivity index (χ0n) is 17.3. The molecule has 0 bridgehead atoms. The molecule has 0 aliphatic carbocycles. The van der Waals surface area contributed by atoms with E-state index < -0.39 is 11.9 Å². The summed E-state index contributed by atoms with van der Waals surface area (Å²) in [6.07, 6.45) is 3.75. The molecule has 6 nitrogen and oxygen atoms in total. The van der Waals surface area contributed by atoms with Crippen LogP contribution in [-0.4, -0.2) is 21.9 Å². The van der Waals surface area contributed by atoms with Gasteiger partial charge in [-0.15, -0.1) is 0 Å². The molecule has 3 N–H and O–H groups in total. The van der Waals surface area contributed by atoms with Gasteiger partial charge in [-0.2, -0.15) is 5.26 Å². The third kappa shape index (κ3) is 4.11. The van der Waals surface area contributed by atoms with Gasteiger partial charge in [-0.05, 0) is 35.7 Å². The second kappa shape index (κ2) is 9.04. The summed E-state index contributed by atoms with van der Waals surface area (Å²) in [5, 5.41) is 14.6. The number of fused-ring (bicyclic) bond motifs is 1. The molecule has 0 radical (unpaired) electrons. The molecule has 4 rings (SSSR count). The standard InChI is InChI=1S/C25H20ClN5O/c1-2-21(25(28)32)30-24-19-11-12-29-14-22(19)31-23(20(24)13-27)17-5-3-15(4-6-17)16-7-9-18(26)10-8-16/h3-12,14,21H,2H2,1H3,(H2,28,32)(H,30,31)/t21-/m1/s1. The summed E-state index contributed by atoms with van der Waals surface area (Å²) >= 11 is 5.99. The van der Waals surface area contributed by atoms with Crippen LogP contribution >= 0.6 is 11.6 Å². The quantitative estimate of drug-likeness (QED) is 0.429. The first kappa shape index (κ1) is 21.3. The molecule has 7 heteroatoms. The predicted molar refractivity (Wildman–Crippen MR) is 127 cm³/mol. The molecule has 2 heterocycles. The van der Waals surface area contributed by atoms with Crippen LogP contribution < -0.4 is 11.1 Å². The van der Waals surface area contributed by atoms with Gasteiger partial charge in [0.2, 0.25) is 5.91 Å². The van der Waals surface area contributed by atoms with Crippen LogP contribution in [0.5, 0.6) is 0 Å². The molecule has 0 saturated carbocycles. The number of carbonyl (C=O) groups excluding carboxylic acids is 1. The fraction of sp³-hybridized carbons (Fsp3) is 0.120. The van der Waals surface area contributed by atoms with E-state index in [4.69, 9.17) is 22.3 Å². The lowest BCUT2D eigenvalue weighted by molar-refractivity contribution is -0.118. The average molecular weight is 442 g/mol. The number of halogens is 1.